The van der Waals surface area contributed by atoms with Gasteiger partial charge in [-0.2, -0.15) is 0 Å². The molecule has 3 amide bonds. The van der Waals surface area contributed by atoms with E-state index in [0.29, 0.717) is 42.4 Å². The molecular formula is C23H27N3O5. The lowest BCUT2D eigenvalue weighted by molar-refractivity contribution is -0.125. The Hall–Kier alpha value is -3.55. The van der Waals surface area contributed by atoms with Crippen LogP contribution in [0.5, 0.6) is 11.5 Å². The lowest BCUT2D eigenvalue weighted by atomic mass is 10.1. The third kappa shape index (κ3) is 5.14. The minimum Gasteiger partial charge on any atom is -0.497 e. The molecule has 0 radical (unpaired) electrons. The van der Waals surface area contributed by atoms with Crippen molar-refractivity contribution >= 4 is 23.4 Å². The highest BCUT2D eigenvalue weighted by Gasteiger charge is 2.28. The minimum absolute atomic E-state index is 0.131. The standard InChI is InChI=1S/C23H27N3O5/c1-4-25(5-2)23(29)17-9-10-20-19(12-17)26(22(28)15-31-20)14-21(27)24-13-16-7-6-8-18(11-16)30-3/h6-12H,4-5,13-15H2,1-3H3,(H,24,27). The molecule has 2 aromatic carbocycles. The van der Waals surface area contributed by atoms with Crippen LogP contribution in [0.4, 0.5) is 5.69 Å². The van der Waals surface area contributed by atoms with Crippen molar-refractivity contribution in [3.05, 3.63) is 53.6 Å². The molecule has 1 N–H and O–H groups in total. The molecule has 3 rings (SSSR count). The minimum atomic E-state index is -0.337. The van der Waals surface area contributed by atoms with Gasteiger partial charge in [0.15, 0.2) is 6.61 Å². The number of fused-ring (bicyclic) bond motifs is 1. The van der Waals surface area contributed by atoms with Crippen LogP contribution in [0.1, 0.15) is 29.8 Å². The van der Waals surface area contributed by atoms with Crippen LogP contribution in [0, 0.1) is 0 Å². The number of hydrogen-bond acceptors (Lipinski definition) is 5. The Balaban J connectivity index is 1.74. The normalized spacial score (nSPS) is 12.6. The number of ether oxygens (including phenoxy) is 2. The van der Waals surface area contributed by atoms with Crippen LogP contribution in [0.3, 0.4) is 0 Å². The smallest absolute Gasteiger partial charge is 0.265 e. The first-order valence-electron chi connectivity index (χ1n) is 10.2. The average molecular weight is 425 g/mol. The van der Waals surface area contributed by atoms with Gasteiger partial charge in [0.1, 0.15) is 18.0 Å². The lowest BCUT2D eigenvalue weighted by Gasteiger charge is -2.29. The topological polar surface area (TPSA) is 88.2 Å². The van der Waals surface area contributed by atoms with Crippen LogP contribution in [0.15, 0.2) is 42.5 Å². The Morgan fingerprint density at radius 2 is 1.94 bits per heavy atom. The first kappa shape index (κ1) is 22.1. The van der Waals surface area contributed by atoms with E-state index in [4.69, 9.17) is 9.47 Å². The van der Waals surface area contributed by atoms with Gasteiger partial charge in [0, 0.05) is 25.2 Å². The van der Waals surface area contributed by atoms with Gasteiger partial charge in [0.05, 0.1) is 12.8 Å². The summed E-state index contributed by atoms with van der Waals surface area (Å²) in [5.41, 5.74) is 1.75. The largest absolute Gasteiger partial charge is 0.497 e. The van der Waals surface area contributed by atoms with Gasteiger partial charge >= 0.3 is 0 Å². The summed E-state index contributed by atoms with van der Waals surface area (Å²) in [4.78, 5) is 40.8. The van der Waals surface area contributed by atoms with E-state index in [1.54, 1.807) is 30.2 Å². The van der Waals surface area contributed by atoms with Crippen LogP contribution in [-0.2, 0) is 16.1 Å². The summed E-state index contributed by atoms with van der Waals surface area (Å²) in [6.45, 7) is 4.97. The Morgan fingerprint density at radius 3 is 2.65 bits per heavy atom. The van der Waals surface area contributed by atoms with E-state index in [1.807, 2.05) is 38.1 Å². The van der Waals surface area contributed by atoms with Gasteiger partial charge in [0.2, 0.25) is 5.91 Å². The molecule has 8 nitrogen and oxygen atoms in total. The Bertz CT molecular complexity index is 971. The van der Waals surface area contributed by atoms with Crippen LogP contribution in [0.2, 0.25) is 0 Å². The summed E-state index contributed by atoms with van der Waals surface area (Å²) in [5, 5.41) is 2.82. The van der Waals surface area contributed by atoms with Crippen molar-refractivity contribution in [3.8, 4) is 11.5 Å². The van der Waals surface area contributed by atoms with Crippen molar-refractivity contribution in [2.24, 2.45) is 0 Å². The van der Waals surface area contributed by atoms with E-state index in [1.165, 1.54) is 4.90 Å². The fourth-order valence-electron chi connectivity index (χ4n) is 3.38. The number of benzene rings is 2. The highest BCUT2D eigenvalue weighted by atomic mass is 16.5. The van der Waals surface area contributed by atoms with Crippen molar-refractivity contribution < 1.29 is 23.9 Å². The van der Waals surface area contributed by atoms with Gasteiger partial charge in [-0.05, 0) is 49.7 Å². The number of amides is 3. The molecule has 0 bridgehead atoms. The highest BCUT2D eigenvalue weighted by molar-refractivity contribution is 6.04. The van der Waals surface area contributed by atoms with Gasteiger partial charge in [-0.3, -0.25) is 19.3 Å². The molecule has 0 aromatic heterocycles. The summed E-state index contributed by atoms with van der Waals surface area (Å²) in [5.74, 6) is 0.389. The fourth-order valence-corrected chi connectivity index (χ4v) is 3.38. The number of carbonyl (C=O) groups excluding carboxylic acids is 3. The number of rotatable bonds is 8. The Kier molecular flexibility index (Phi) is 7.12. The lowest BCUT2D eigenvalue weighted by Crippen LogP contribution is -2.45. The molecule has 1 heterocycles. The second-order valence-electron chi connectivity index (χ2n) is 7.06. The molecule has 0 fully saturated rings. The predicted octanol–water partition coefficient (Wildman–Crippen LogP) is 2.22. The summed E-state index contributed by atoms with van der Waals surface area (Å²) in [6, 6.07) is 12.3. The summed E-state index contributed by atoms with van der Waals surface area (Å²) in [6.07, 6.45) is 0. The van der Waals surface area contributed by atoms with Crippen molar-refractivity contribution in [2.45, 2.75) is 20.4 Å². The maximum Gasteiger partial charge on any atom is 0.265 e. The second kappa shape index (κ2) is 9.97. The van der Waals surface area contributed by atoms with Gasteiger partial charge in [0.25, 0.3) is 11.8 Å². The van der Waals surface area contributed by atoms with Crippen LogP contribution < -0.4 is 19.7 Å². The van der Waals surface area contributed by atoms with E-state index in [2.05, 4.69) is 5.32 Å². The van der Waals surface area contributed by atoms with Crippen LogP contribution in [0.25, 0.3) is 0 Å². The molecule has 164 valence electrons. The molecule has 0 unspecified atom stereocenters. The Morgan fingerprint density at radius 1 is 1.16 bits per heavy atom. The highest BCUT2D eigenvalue weighted by Crippen LogP contribution is 2.33. The van der Waals surface area contributed by atoms with Crippen molar-refractivity contribution in [1.82, 2.24) is 10.2 Å². The molecule has 0 atom stereocenters. The SMILES string of the molecule is CCN(CC)C(=O)c1ccc2c(c1)N(CC(=O)NCc1cccc(OC)c1)C(=O)CO2. The van der Waals surface area contributed by atoms with E-state index < -0.39 is 0 Å². The molecule has 1 aliphatic heterocycles. The molecule has 0 spiro atoms. The van der Waals surface area contributed by atoms with Crippen molar-refractivity contribution in [2.75, 3.05) is 38.3 Å². The van der Waals surface area contributed by atoms with Gasteiger partial charge in [-0.1, -0.05) is 12.1 Å². The second-order valence-corrected chi connectivity index (χ2v) is 7.06. The number of methoxy groups -OCH3 is 1. The molecule has 0 saturated heterocycles. The monoisotopic (exact) mass is 425 g/mol. The van der Waals surface area contributed by atoms with Crippen molar-refractivity contribution in [3.63, 3.8) is 0 Å². The van der Waals surface area contributed by atoms with E-state index in [9.17, 15) is 14.4 Å². The Labute approximate surface area is 181 Å². The average Bonchev–Trinajstić information content (AvgIpc) is 2.80. The van der Waals surface area contributed by atoms with Crippen molar-refractivity contribution in [1.29, 1.82) is 0 Å². The number of anilines is 1. The molecule has 1 aliphatic rings. The molecule has 0 aliphatic carbocycles. The number of carbonyl (C=O) groups is 3. The van der Waals surface area contributed by atoms with Crippen LogP contribution >= 0.6 is 0 Å². The quantitative estimate of drug-likeness (QED) is 0.701. The fraction of sp³-hybridized carbons (Fsp3) is 0.348. The number of nitrogens with one attached hydrogen (secondary N) is 1. The molecule has 8 heteroatoms. The predicted molar refractivity (Wildman–Crippen MR) is 116 cm³/mol. The summed E-state index contributed by atoms with van der Waals surface area (Å²) in [7, 11) is 1.58. The summed E-state index contributed by atoms with van der Waals surface area (Å²) < 4.78 is 10.7. The molecular weight excluding hydrogens is 398 g/mol. The van der Waals surface area contributed by atoms with Gasteiger partial charge < -0.3 is 19.7 Å². The zero-order valence-electron chi connectivity index (χ0n) is 18.0. The maximum atomic E-state index is 12.7. The zero-order chi connectivity index (χ0) is 22.4. The first-order chi connectivity index (χ1) is 15.0. The van der Waals surface area contributed by atoms with E-state index in [0.717, 1.165) is 5.56 Å². The number of nitrogens with zero attached hydrogens (tertiary/aromatic N) is 2. The van der Waals surface area contributed by atoms with Gasteiger partial charge in [-0.15, -0.1) is 0 Å². The third-order valence-corrected chi connectivity index (χ3v) is 5.13. The van der Waals surface area contributed by atoms with Crippen LogP contribution in [-0.4, -0.2) is 56.0 Å². The third-order valence-electron chi connectivity index (χ3n) is 5.13. The van der Waals surface area contributed by atoms with Gasteiger partial charge in [-0.25, -0.2) is 0 Å². The number of hydrogen-bond donors (Lipinski definition) is 1. The molecule has 0 saturated carbocycles. The molecule has 2 aromatic rings. The van der Waals surface area contributed by atoms with E-state index in [-0.39, 0.29) is 30.9 Å². The molecule has 31 heavy (non-hydrogen) atoms. The summed E-state index contributed by atoms with van der Waals surface area (Å²) >= 11 is 0. The zero-order valence-corrected chi connectivity index (χ0v) is 18.0. The van der Waals surface area contributed by atoms with E-state index >= 15 is 0 Å². The maximum absolute atomic E-state index is 12.7. The first-order valence-corrected chi connectivity index (χ1v) is 10.2.